The molecule has 0 aromatic rings. The van der Waals surface area contributed by atoms with E-state index >= 15 is 0 Å². The molecule has 0 fully saturated rings. The SMILES string of the molecule is C.CCCCCCCN. The number of nitrogens with two attached hydrogens (primary N) is 1. The van der Waals surface area contributed by atoms with Crippen molar-refractivity contribution in [2.45, 2.75) is 46.5 Å². The van der Waals surface area contributed by atoms with E-state index < -0.39 is 0 Å². The second-order valence-corrected chi connectivity index (χ2v) is 2.20. The van der Waals surface area contributed by atoms with Gasteiger partial charge in [0.2, 0.25) is 0 Å². The lowest BCUT2D eigenvalue weighted by Crippen LogP contribution is -1.97. The summed E-state index contributed by atoms with van der Waals surface area (Å²) in [4.78, 5) is 0. The minimum absolute atomic E-state index is 0. The van der Waals surface area contributed by atoms with E-state index in [0.717, 1.165) is 6.54 Å². The lowest BCUT2D eigenvalue weighted by Gasteiger charge is -1.93. The van der Waals surface area contributed by atoms with Crippen molar-refractivity contribution < 1.29 is 0 Å². The first-order valence-corrected chi connectivity index (χ1v) is 3.62. The summed E-state index contributed by atoms with van der Waals surface area (Å²) >= 11 is 0. The molecule has 58 valence electrons. The Balaban J connectivity index is 0. The highest BCUT2D eigenvalue weighted by Gasteiger charge is 1.83. The van der Waals surface area contributed by atoms with Crippen LogP contribution in [0, 0.1) is 0 Å². The van der Waals surface area contributed by atoms with Crippen LogP contribution in [0.25, 0.3) is 0 Å². The highest BCUT2D eigenvalue weighted by atomic mass is 14.5. The Morgan fingerprint density at radius 1 is 1.00 bits per heavy atom. The zero-order chi connectivity index (χ0) is 6.24. The molecule has 0 rings (SSSR count). The maximum absolute atomic E-state index is 5.31. The number of hydrogen-bond acceptors (Lipinski definition) is 1. The molecular formula is C8H21N. The van der Waals surface area contributed by atoms with Crippen molar-refractivity contribution in [2.75, 3.05) is 6.54 Å². The topological polar surface area (TPSA) is 26.0 Å². The van der Waals surface area contributed by atoms with Gasteiger partial charge < -0.3 is 5.73 Å². The fourth-order valence-corrected chi connectivity index (χ4v) is 0.748. The van der Waals surface area contributed by atoms with Gasteiger partial charge in [0.1, 0.15) is 0 Å². The van der Waals surface area contributed by atoms with Crippen LogP contribution in [0.4, 0.5) is 0 Å². The van der Waals surface area contributed by atoms with Crippen molar-refractivity contribution in [3.05, 3.63) is 0 Å². The van der Waals surface area contributed by atoms with Crippen LogP contribution in [0.2, 0.25) is 0 Å². The lowest BCUT2D eigenvalue weighted by molar-refractivity contribution is 0.638. The predicted molar refractivity (Wildman–Crippen MR) is 44.5 cm³/mol. The van der Waals surface area contributed by atoms with Crippen molar-refractivity contribution in [2.24, 2.45) is 5.73 Å². The Hall–Kier alpha value is -0.0400. The van der Waals surface area contributed by atoms with Gasteiger partial charge in [0, 0.05) is 0 Å². The van der Waals surface area contributed by atoms with Crippen LogP contribution in [0.15, 0.2) is 0 Å². The van der Waals surface area contributed by atoms with Gasteiger partial charge in [0.05, 0.1) is 0 Å². The van der Waals surface area contributed by atoms with Gasteiger partial charge in [-0.1, -0.05) is 40.0 Å². The molecule has 9 heavy (non-hydrogen) atoms. The minimum Gasteiger partial charge on any atom is -0.330 e. The fraction of sp³-hybridized carbons (Fsp3) is 1.00. The van der Waals surface area contributed by atoms with Crippen molar-refractivity contribution in [1.82, 2.24) is 0 Å². The average Bonchev–Trinajstić information content (AvgIpc) is 1.81. The molecule has 2 N–H and O–H groups in total. The molecule has 0 bridgehead atoms. The second kappa shape index (κ2) is 10.9. The summed E-state index contributed by atoms with van der Waals surface area (Å²) in [5.41, 5.74) is 5.31. The molecule has 0 unspecified atom stereocenters. The molecule has 0 amide bonds. The molecule has 1 heteroatoms. The second-order valence-electron chi connectivity index (χ2n) is 2.20. The average molecular weight is 131 g/mol. The minimum atomic E-state index is 0. The third-order valence-corrected chi connectivity index (χ3v) is 1.31. The van der Waals surface area contributed by atoms with Crippen molar-refractivity contribution in [3.8, 4) is 0 Å². The standard InChI is InChI=1S/C7H17N.CH4/c1-2-3-4-5-6-7-8;/h2-8H2,1H3;1H4. The highest BCUT2D eigenvalue weighted by Crippen LogP contribution is 2.00. The molecule has 0 aliphatic heterocycles. The summed E-state index contributed by atoms with van der Waals surface area (Å²) in [7, 11) is 0. The summed E-state index contributed by atoms with van der Waals surface area (Å²) in [5, 5.41) is 0. The Labute approximate surface area is 59.6 Å². The van der Waals surface area contributed by atoms with Crippen LogP contribution in [0.1, 0.15) is 46.5 Å². The molecule has 0 aromatic carbocycles. The first kappa shape index (κ1) is 11.7. The fourth-order valence-electron chi connectivity index (χ4n) is 0.748. The maximum Gasteiger partial charge on any atom is -0.00773 e. The molecule has 1 nitrogen and oxygen atoms in total. The van der Waals surface area contributed by atoms with E-state index in [1.807, 2.05) is 0 Å². The number of hydrogen-bond donors (Lipinski definition) is 1. The quantitative estimate of drug-likeness (QED) is 0.570. The van der Waals surface area contributed by atoms with Crippen molar-refractivity contribution in [3.63, 3.8) is 0 Å². The monoisotopic (exact) mass is 131 g/mol. The maximum atomic E-state index is 5.31. The Kier molecular flexibility index (Phi) is 14.1. The largest absolute Gasteiger partial charge is 0.330 e. The van der Waals surface area contributed by atoms with Gasteiger partial charge in [-0.2, -0.15) is 0 Å². The Morgan fingerprint density at radius 3 is 2.00 bits per heavy atom. The van der Waals surface area contributed by atoms with Crippen LogP contribution in [-0.2, 0) is 0 Å². The van der Waals surface area contributed by atoms with Gasteiger partial charge in [0.25, 0.3) is 0 Å². The van der Waals surface area contributed by atoms with E-state index in [-0.39, 0.29) is 7.43 Å². The third-order valence-electron chi connectivity index (χ3n) is 1.31. The van der Waals surface area contributed by atoms with Crippen molar-refractivity contribution >= 4 is 0 Å². The van der Waals surface area contributed by atoms with Crippen LogP contribution < -0.4 is 5.73 Å². The van der Waals surface area contributed by atoms with Gasteiger partial charge in [-0.15, -0.1) is 0 Å². The summed E-state index contributed by atoms with van der Waals surface area (Å²) < 4.78 is 0. The normalized spacial score (nSPS) is 8.67. The summed E-state index contributed by atoms with van der Waals surface area (Å²) in [6, 6.07) is 0. The molecule has 0 aliphatic carbocycles. The molecule has 0 aromatic heterocycles. The van der Waals surface area contributed by atoms with Crippen LogP contribution in [0.5, 0.6) is 0 Å². The predicted octanol–water partition coefficient (Wildman–Crippen LogP) is 2.55. The van der Waals surface area contributed by atoms with E-state index in [4.69, 9.17) is 5.73 Å². The molecule has 0 heterocycles. The van der Waals surface area contributed by atoms with Gasteiger partial charge in [0.15, 0.2) is 0 Å². The van der Waals surface area contributed by atoms with Crippen LogP contribution in [-0.4, -0.2) is 6.54 Å². The van der Waals surface area contributed by atoms with E-state index in [1.165, 1.54) is 32.1 Å². The molecule has 0 atom stereocenters. The highest BCUT2D eigenvalue weighted by molar-refractivity contribution is 4.41. The number of unbranched alkanes of at least 4 members (excludes halogenated alkanes) is 4. The van der Waals surface area contributed by atoms with E-state index in [0.29, 0.717) is 0 Å². The summed E-state index contributed by atoms with van der Waals surface area (Å²) in [6.45, 7) is 3.09. The van der Waals surface area contributed by atoms with Crippen LogP contribution >= 0.6 is 0 Å². The molecular weight excluding hydrogens is 110 g/mol. The van der Waals surface area contributed by atoms with E-state index in [9.17, 15) is 0 Å². The first-order chi connectivity index (χ1) is 3.91. The van der Waals surface area contributed by atoms with Crippen molar-refractivity contribution in [1.29, 1.82) is 0 Å². The Morgan fingerprint density at radius 2 is 1.56 bits per heavy atom. The smallest absolute Gasteiger partial charge is 0.00773 e. The van der Waals surface area contributed by atoms with Gasteiger partial charge in [-0.05, 0) is 13.0 Å². The lowest BCUT2D eigenvalue weighted by atomic mass is 10.2. The number of rotatable bonds is 5. The van der Waals surface area contributed by atoms with E-state index in [1.54, 1.807) is 0 Å². The van der Waals surface area contributed by atoms with Gasteiger partial charge in [-0.3, -0.25) is 0 Å². The molecule has 0 saturated heterocycles. The van der Waals surface area contributed by atoms with Gasteiger partial charge >= 0.3 is 0 Å². The molecule has 0 aliphatic rings. The van der Waals surface area contributed by atoms with Gasteiger partial charge in [-0.25, -0.2) is 0 Å². The first-order valence-electron chi connectivity index (χ1n) is 3.62. The molecule has 0 spiro atoms. The molecule has 0 radical (unpaired) electrons. The van der Waals surface area contributed by atoms with Crippen LogP contribution in [0.3, 0.4) is 0 Å². The zero-order valence-corrected chi connectivity index (χ0v) is 5.82. The molecule has 0 saturated carbocycles. The summed E-state index contributed by atoms with van der Waals surface area (Å²) in [5.74, 6) is 0. The van der Waals surface area contributed by atoms with E-state index in [2.05, 4.69) is 6.92 Å². The Bertz CT molecular complexity index is 29.5. The summed E-state index contributed by atoms with van der Waals surface area (Å²) in [6.07, 6.45) is 6.60. The third kappa shape index (κ3) is 11.5. The zero-order valence-electron chi connectivity index (χ0n) is 5.82.